The number of aliphatic carboxylic acids is 1. The van der Waals surface area contributed by atoms with E-state index in [1.54, 1.807) is 24.3 Å². The molecule has 0 radical (unpaired) electrons. The fourth-order valence-electron chi connectivity index (χ4n) is 1.78. The van der Waals surface area contributed by atoms with E-state index in [1.807, 2.05) is 0 Å². The molecule has 1 rings (SSSR count). The van der Waals surface area contributed by atoms with Gasteiger partial charge in [0.25, 0.3) is 6.47 Å². The summed E-state index contributed by atoms with van der Waals surface area (Å²) in [6.45, 7) is 0.924. The predicted molar refractivity (Wildman–Crippen MR) is 106 cm³/mol. The van der Waals surface area contributed by atoms with Crippen LogP contribution in [0.3, 0.4) is 0 Å². The summed E-state index contributed by atoms with van der Waals surface area (Å²) in [7, 11) is 0. The molecule has 0 aliphatic rings. The Balaban J connectivity index is 0.00000110. The number of carbonyl (C=O) groups excluding carboxylic acids is 3. The normalized spacial score (nSPS) is 9.84. The first-order valence-electron chi connectivity index (χ1n) is 9.36. The number of carbonyl (C=O) groups is 4. The first-order valence-corrected chi connectivity index (χ1v) is 9.36. The second-order valence-corrected chi connectivity index (χ2v) is 5.59. The number of hydrogen-bond donors (Lipinski definition) is 2. The number of aliphatic hydroxyl groups is 1. The Labute approximate surface area is 179 Å². The number of aliphatic hydroxyl groups excluding tert-OH is 1. The van der Waals surface area contributed by atoms with Gasteiger partial charge in [-0.2, -0.15) is 0 Å². The van der Waals surface area contributed by atoms with Crippen LogP contribution < -0.4 is 4.74 Å². The van der Waals surface area contributed by atoms with Crippen molar-refractivity contribution in [2.75, 3.05) is 46.6 Å². The largest absolute Gasteiger partial charge is 0.481 e. The quantitative estimate of drug-likeness (QED) is 0.143. The topological polar surface area (TPSA) is 155 Å². The lowest BCUT2D eigenvalue weighted by atomic mass is 10.1. The number of benzene rings is 1. The molecule has 0 amide bonds. The highest BCUT2D eigenvalue weighted by molar-refractivity contribution is 5.96. The van der Waals surface area contributed by atoms with E-state index in [0.29, 0.717) is 30.5 Å². The van der Waals surface area contributed by atoms with Gasteiger partial charge in [-0.05, 0) is 24.3 Å². The zero-order chi connectivity index (χ0) is 23.2. The fourth-order valence-corrected chi connectivity index (χ4v) is 1.78. The van der Waals surface area contributed by atoms with Gasteiger partial charge in [0.2, 0.25) is 0 Å². The number of rotatable bonds is 18. The Hall–Kier alpha value is -2.86. The maximum absolute atomic E-state index is 11.9. The van der Waals surface area contributed by atoms with Gasteiger partial charge in [-0.1, -0.05) is 0 Å². The Morgan fingerprint density at radius 2 is 1.52 bits per heavy atom. The lowest BCUT2D eigenvalue weighted by Gasteiger charge is -2.07. The lowest BCUT2D eigenvalue weighted by Crippen LogP contribution is -2.09. The molecule has 0 spiro atoms. The maximum Gasteiger partial charge on any atom is 0.305 e. The fraction of sp³-hybridized carbons (Fsp3) is 0.500. The lowest BCUT2D eigenvalue weighted by molar-refractivity contribution is -0.139. The van der Waals surface area contributed by atoms with Gasteiger partial charge in [0, 0.05) is 18.4 Å². The van der Waals surface area contributed by atoms with E-state index in [-0.39, 0.29) is 65.2 Å². The number of aldehydes is 1. The molecule has 2 N–H and O–H groups in total. The van der Waals surface area contributed by atoms with E-state index in [4.69, 9.17) is 29.2 Å². The molecule has 174 valence electrons. The van der Waals surface area contributed by atoms with Gasteiger partial charge in [0.15, 0.2) is 12.6 Å². The molecule has 0 atom stereocenters. The smallest absolute Gasteiger partial charge is 0.305 e. The molecular formula is C20H28O11. The van der Waals surface area contributed by atoms with Crippen LogP contribution in [0.25, 0.3) is 0 Å². The van der Waals surface area contributed by atoms with E-state index >= 15 is 0 Å². The summed E-state index contributed by atoms with van der Waals surface area (Å²) in [5.41, 5.74) is 0.536. The molecule has 0 heterocycles. The molecule has 0 aromatic heterocycles. The van der Waals surface area contributed by atoms with Gasteiger partial charge in [0.1, 0.15) is 18.8 Å². The second-order valence-electron chi connectivity index (χ2n) is 5.59. The van der Waals surface area contributed by atoms with Crippen LogP contribution >= 0.6 is 0 Å². The number of ketones is 1. The van der Waals surface area contributed by atoms with Crippen LogP contribution in [-0.4, -0.2) is 81.3 Å². The van der Waals surface area contributed by atoms with Crippen LogP contribution in [0.4, 0.5) is 0 Å². The Morgan fingerprint density at radius 1 is 0.871 bits per heavy atom. The van der Waals surface area contributed by atoms with Crippen molar-refractivity contribution in [1.82, 2.24) is 0 Å². The molecule has 0 fully saturated rings. The molecule has 0 saturated carbocycles. The van der Waals surface area contributed by atoms with Crippen LogP contribution in [0, 0.1) is 0 Å². The average molecular weight is 444 g/mol. The molecule has 31 heavy (non-hydrogen) atoms. The highest BCUT2D eigenvalue weighted by atomic mass is 16.7. The molecule has 0 bridgehead atoms. The summed E-state index contributed by atoms with van der Waals surface area (Å²) >= 11 is 0. The van der Waals surface area contributed by atoms with E-state index in [1.165, 1.54) is 0 Å². The first-order chi connectivity index (χ1) is 15.0. The van der Waals surface area contributed by atoms with Crippen molar-refractivity contribution >= 4 is 24.5 Å². The van der Waals surface area contributed by atoms with Crippen molar-refractivity contribution in [3.63, 3.8) is 0 Å². The van der Waals surface area contributed by atoms with E-state index < -0.39 is 5.97 Å². The molecule has 0 saturated heterocycles. The van der Waals surface area contributed by atoms with E-state index in [2.05, 4.69) is 4.74 Å². The summed E-state index contributed by atoms with van der Waals surface area (Å²) in [5.74, 6) is -0.450. The number of hydrogen-bond acceptors (Lipinski definition) is 10. The Bertz CT molecular complexity index is 608. The first kappa shape index (κ1) is 28.1. The SMILES string of the molecule is O=C(O)CCOCOCCC(=O)c1ccc(OCOCCO)cc1.O=CCCOC=O. The van der Waals surface area contributed by atoms with Crippen molar-refractivity contribution in [2.45, 2.75) is 19.3 Å². The van der Waals surface area contributed by atoms with Crippen molar-refractivity contribution < 1.29 is 53.1 Å². The average Bonchev–Trinajstić information content (AvgIpc) is 2.77. The highest BCUT2D eigenvalue weighted by Crippen LogP contribution is 2.13. The third-order valence-electron chi connectivity index (χ3n) is 3.24. The van der Waals surface area contributed by atoms with E-state index in [9.17, 15) is 19.2 Å². The number of carboxylic acids is 1. The summed E-state index contributed by atoms with van der Waals surface area (Å²) in [6.07, 6.45) is 1.10. The highest BCUT2D eigenvalue weighted by Gasteiger charge is 2.06. The van der Waals surface area contributed by atoms with Crippen molar-refractivity contribution in [3.05, 3.63) is 29.8 Å². The van der Waals surface area contributed by atoms with Gasteiger partial charge in [0.05, 0.1) is 39.5 Å². The summed E-state index contributed by atoms with van der Waals surface area (Å²) in [5, 5.41) is 17.0. The minimum atomic E-state index is -0.933. The molecule has 11 heteroatoms. The monoisotopic (exact) mass is 444 g/mol. The maximum atomic E-state index is 11.9. The van der Waals surface area contributed by atoms with E-state index in [0.717, 1.165) is 0 Å². The zero-order valence-electron chi connectivity index (χ0n) is 17.1. The van der Waals surface area contributed by atoms with Crippen LogP contribution in [-0.2, 0) is 33.3 Å². The van der Waals surface area contributed by atoms with Gasteiger partial charge in [-0.3, -0.25) is 14.4 Å². The summed E-state index contributed by atoms with van der Waals surface area (Å²) in [6, 6.07) is 6.61. The van der Waals surface area contributed by atoms with Gasteiger partial charge in [-0.25, -0.2) is 0 Å². The number of ether oxygens (including phenoxy) is 5. The van der Waals surface area contributed by atoms with Crippen molar-refractivity contribution in [3.8, 4) is 5.75 Å². The van der Waals surface area contributed by atoms with Crippen LogP contribution in [0.15, 0.2) is 24.3 Å². The summed E-state index contributed by atoms with van der Waals surface area (Å²) in [4.78, 5) is 41.0. The van der Waals surface area contributed by atoms with Crippen molar-refractivity contribution in [1.29, 1.82) is 0 Å². The number of carboxylic acid groups (broad SMARTS) is 1. The zero-order valence-corrected chi connectivity index (χ0v) is 17.1. The minimum absolute atomic E-state index is 0.0313. The Morgan fingerprint density at radius 3 is 2.10 bits per heavy atom. The van der Waals surface area contributed by atoms with Gasteiger partial charge < -0.3 is 38.7 Å². The molecule has 1 aromatic rings. The summed E-state index contributed by atoms with van der Waals surface area (Å²) < 4.78 is 24.5. The van der Waals surface area contributed by atoms with Crippen LogP contribution in [0.5, 0.6) is 5.75 Å². The predicted octanol–water partition coefficient (Wildman–Crippen LogP) is 0.818. The number of Topliss-reactive ketones (excluding diaryl/α,β-unsaturated/α-hetero) is 1. The molecule has 11 nitrogen and oxygen atoms in total. The molecular weight excluding hydrogens is 416 g/mol. The van der Waals surface area contributed by atoms with Crippen LogP contribution in [0.1, 0.15) is 29.6 Å². The molecule has 0 aliphatic heterocycles. The molecule has 1 aromatic carbocycles. The molecule has 0 aliphatic carbocycles. The Kier molecular flexibility index (Phi) is 18.5. The standard InChI is InChI=1S/C16H22O8.C4H6O3/c17-7-10-23-12-24-14-3-1-13(2-4-14)15(18)5-8-21-11-22-9-6-16(19)20;5-2-1-3-7-4-6/h1-4,17H,5-12H2,(H,19,20);2,4H,1,3H2. The van der Waals surface area contributed by atoms with Crippen molar-refractivity contribution in [2.24, 2.45) is 0 Å². The molecule has 0 unspecified atom stereocenters. The minimum Gasteiger partial charge on any atom is -0.481 e. The van der Waals surface area contributed by atoms with Gasteiger partial charge >= 0.3 is 5.97 Å². The third kappa shape index (κ3) is 17.7. The second kappa shape index (κ2) is 20.4. The van der Waals surface area contributed by atoms with Crippen LogP contribution in [0.2, 0.25) is 0 Å². The van der Waals surface area contributed by atoms with Gasteiger partial charge in [-0.15, -0.1) is 0 Å². The third-order valence-corrected chi connectivity index (χ3v) is 3.24.